The molecule has 163 valence electrons. The van der Waals surface area contributed by atoms with Crippen molar-refractivity contribution in [1.82, 2.24) is 101 Å². The molecule has 5 aromatic rings. The lowest BCUT2D eigenvalue weighted by molar-refractivity contribution is 0.703. The molecule has 2 aliphatic heterocycles. The van der Waals surface area contributed by atoms with E-state index in [1.807, 2.05) is 0 Å². The number of fused-ring (bicyclic) bond motifs is 12. The van der Waals surface area contributed by atoms with E-state index < -0.39 is 0 Å². The second-order valence-electron chi connectivity index (χ2n) is 6.36. The molecule has 0 amide bonds. The molecule has 0 fully saturated rings. The van der Waals surface area contributed by atoms with Gasteiger partial charge in [0.1, 0.15) is 25.3 Å². The normalized spacial score (nSPS) is 13.4. The van der Waals surface area contributed by atoms with Gasteiger partial charge in [0.25, 0.3) is 47.6 Å². The van der Waals surface area contributed by atoms with Crippen LogP contribution in [0.15, 0.2) is 25.3 Å². The van der Waals surface area contributed by atoms with Crippen LogP contribution in [0.4, 0.5) is 65.4 Å². The second-order valence-corrected chi connectivity index (χ2v) is 6.36. The predicted molar refractivity (Wildman–Crippen MR) is 106 cm³/mol. The Labute approximate surface area is 192 Å². The summed E-state index contributed by atoms with van der Waals surface area (Å²) in [5.74, 6) is -0.261. The van der Waals surface area contributed by atoms with Crippen molar-refractivity contribution in [3.05, 3.63) is 25.3 Å². The number of anilines is 3. The van der Waals surface area contributed by atoms with Crippen LogP contribution < -0.4 is 26.2 Å². The fourth-order valence-corrected chi connectivity index (χ4v) is 2.83. The second kappa shape index (κ2) is 7.38. The van der Waals surface area contributed by atoms with Crippen LogP contribution in [-0.4, -0.2) is 74.8 Å². The summed E-state index contributed by atoms with van der Waals surface area (Å²) >= 11 is 0. The van der Waals surface area contributed by atoms with Crippen molar-refractivity contribution in [2.75, 3.05) is 0 Å². The smallest absolute Gasteiger partial charge is 0.199 e. The maximum atomic E-state index is 4.38. The highest BCUT2D eigenvalue weighted by molar-refractivity contribution is 5.53. The summed E-state index contributed by atoms with van der Waals surface area (Å²) < 4.78 is 0. The van der Waals surface area contributed by atoms with Gasteiger partial charge in [0, 0.05) is 0 Å². The van der Waals surface area contributed by atoms with Crippen molar-refractivity contribution in [1.29, 1.82) is 0 Å². The Bertz CT molecular complexity index is 1480. The fraction of sp³-hybridized carbons (Fsp3) is 0. The minimum absolute atomic E-state index is 0.00965. The van der Waals surface area contributed by atoms with E-state index in [1.54, 1.807) is 0 Å². The maximum Gasteiger partial charge on any atom is 0.402 e. The highest BCUT2D eigenvalue weighted by atomic mass is 15.5. The van der Waals surface area contributed by atoms with Gasteiger partial charge in [0.2, 0.25) is 0 Å². The molecular formula is C15H4N20+. The summed E-state index contributed by atoms with van der Waals surface area (Å²) in [5.41, 5.74) is 0. The SMILES string of the molecule is c1nc2nc(n1)[N]c1nc3nc(n1)[N+](c1ncnc(n1)[N]2)c1ncnc(n1)[N]c1ncnc(n1)[N]3. The Hall–Kier alpha value is -5.79. The third kappa shape index (κ3) is 3.52. The molecule has 0 atom stereocenters. The van der Waals surface area contributed by atoms with Gasteiger partial charge in [0.15, 0.2) is 0 Å². The number of aromatic nitrogens is 15. The van der Waals surface area contributed by atoms with E-state index in [-0.39, 0.29) is 65.4 Å². The number of hydrogen-bond acceptors (Lipinski definition) is 16. The van der Waals surface area contributed by atoms with Crippen molar-refractivity contribution >= 4 is 65.4 Å². The van der Waals surface area contributed by atoms with E-state index in [9.17, 15) is 0 Å². The number of nitrogens with zero attached hydrogens (tertiary/aromatic N) is 20. The third-order valence-electron chi connectivity index (χ3n) is 4.19. The van der Waals surface area contributed by atoms with Gasteiger partial charge in [-0.25, -0.2) is 0 Å². The highest BCUT2D eigenvalue weighted by Crippen LogP contribution is 2.30. The van der Waals surface area contributed by atoms with Crippen LogP contribution in [-0.2, 0) is 0 Å². The topological polar surface area (TPSA) is 256 Å². The molecule has 0 saturated carbocycles. The molecule has 0 spiro atoms. The Morgan fingerprint density at radius 1 is 0.314 bits per heavy atom. The molecule has 20 heteroatoms. The van der Waals surface area contributed by atoms with Gasteiger partial charge in [-0.15, -0.1) is 19.9 Å². The molecule has 35 heavy (non-hydrogen) atoms. The Balaban J connectivity index is 1.52. The lowest BCUT2D eigenvalue weighted by atomic mass is 10.6. The van der Waals surface area contributed by atoms with Crippen molar-refractivity contribution in [2.24, 2.45) is 0 Å². The van der Waals surface area contributed by atoms with Crippen molar-refractivity contribution in [2.45, 2.75) is 0 Å². The first-order valence-electron chi connectivity index (χ1n) is 9.44. The molecule has 0 aromatic carbocycles. The van der Waals surface area contributed by atoms with Gasteiger partial charge >= 0.3 is 17.8 Å². The van der Waals surface area contributed by atoms with Gasteiger partial charge in [-0.05, 0) is 0 Å². The molecule has 7 rings (SSSR count). The Kier molecular flexibility index (Phi) is 3.95. The average molecular weight is 464 g/mol. The van der Waals surface area contributed by atoms with Gasteiger partial charge in [0.05, 0.1) is 4.90 Å². The molecule has 20 nitrogen and oxygen atoms in total. The maximum absolute atomic E-state index is 4.38. The van der Waals surface area contributed by atoms with Gasteiger partial charge in [-0.1, -0.05) is 0 Å². The van der Waals surface area contributed by atoms with Crippen LogP contribution in [0.5, 0.6) is 0 Å². The summed E-state index contributed by atoms with van der Waals surface area (Å²) in [4.78, 5) is 63.8. The first-order chi connectivity index (χ1) is 17.2. The van der Waals surface area contributed by atoms with Crippen molar-refractivity contribution in [3.63, 3.8) is 0 Å². The summed E-state index contributed by atoms with van der Waals surface area (Å²) in [6.07, 6.45) is 4.93. The van der Waals surface area contributed by atoms with Crippen LogP contribution in [0.3, 0.4) is 0 Å². The highest BCUT2D eigenvalue weighted by Gasteiger charge is 2.39. The van der Waals surface area contributed by atoms with Gasteiger partial charge < -0.3 is 0 Å². The van der Waals surface area contributed by atoms with E-state index in [1.165, 1.54) is 30.2 Å². The zero-order chi connectivity index (χ0) is 23.2. The van der Waals surface area contributed by atoms with Gasteiger partial charge in [-0.3, -0.25) is 0 Å². The van der Waals surface area contributed by atoms with E-state index in [2.05, 4.69) is 96.0 Å². The number of hydrogen-bond donors (Lipinski definition) is 0. The van der Waals surface area contributed by atoms with Crippen LogP contribution in [0.2, 0.25) is 0 Å². The molecule has 5 aromatic heterocycles. The Morgan fingerprint density at radius 3 is 1.09 bits per heavy atom. The van der Waals surface area contributed by atoms with Crippen LogP contribution in [0.1, 0.15) is 0 Å². The van der Waals surface area contributed by atoms with E-state index in [4.69, 9.17) is 0 Å². The summed E-state index contributed by atoms with van der Waals surface area (Å²) in [6, 6.07) is 0. The fourth-order valence-electron chi connectivity index (χ4n) is 2.83. The minimum Gasteiger partial charge on any atom is -0.199 e. The van der Waals surface area contributed by atoms with E-state index in [0.717, 1.165) is 0 Å². The minimum atomic E-state index is -0.101. The van der Waals surface area contributed by atoms with Crippen molar-refractivity contribution < 1.29 is 0 Å². The van der Waals surface area contributed by atoms with E-state index >= 15 is 0 Å². The number of rotatable bonds is 0. The molecule has 5 radical (unpaired) electrons. The summed E-state index contributed by atoms with van der Waals surface area (Å²) in [7, 11) is 0. The summed E-state index contributed by atoms with van der Waals surface area (Å²) in [5, 5.41) is 16.9. The van der Waals surface area contributed by atoms with Crippen LogP contribution in [0.25, 0.3) is 0 Å². The van der Waals surface area contributed by atoms with E-state index in [0.29, 0.717) is 0 Å². The zero-order valence-electron chi connectivity index (χ0n) is 16.8. The third-order valence-corrected chi connectivity index (χ3v) is 4.19. The average Bonchev–Trinajstić information content (AvgIpc) is 2.84. The van der Waals surface area contributed by atoms with Gasteiger partial charge in [-0.2, -0.15) is 76.1 Å². The molecule has 2 aliphatic rings. The molecule has 0 aliphatic carbocycles. The lowest BCUT2D eigenvalue weighted by Crippen LogP contribution is -2.23. The lowest BCUT2D eigenvalue weighted by Gasteiger charge is -2.10. The standard InChI is InChI=1S/C15H4N20/c1-16-5-24-7(18-1)28-11-30-12-29-8-19-2-17-6(25-8)27-10-21-4-23-14(32-10)35(15(33-11)34-12)13-22-3-20-9(26-5)31-13/h1-4H/q+1. The first-order valence-corrected chi connectivity index (χ1v) is 9.44. The predicted octanol–water partition coefficient (Wildman–Crippen LogP) is -1.06. The zero-order valence-corrected chi connectivity index (χ0v) is 16.8. The first kappa shape index (κ1) is 18.8. The molecule has 11 bridgehead atoms. The molecular weight excluding hydrogens is 460 g/mol. The molecule has 0 saturated heterocycles. The molecule has 0 N–H and O–H groups in total. The quantitative estimate of drug-likeness (QED) is 0.242. The van der Waals surface area contributed by atoms with Crippen molar-refractivity contribution in [3.8, 4) is 0 Å². The van der Waals surface area contributed by atoms with Crippen LogP contribution >= 0.6 is 0 Å². The molecule has 7 heterocycles. The van der Waals surface area contributed by atoms with Crippen LogP contribution in [0, 0.1) is 0 Å². The Morgan fingerprint density at radius 2 is 0.629 bits per heavy atom. The summed E-state index contributed by atoms with van der Waals surface area (Å²) in [6.45, 7) is 0. The molecule has 0 unspecified atom stereocenters. The largest absolute Gasteiger partial charge is 0.402 e. The monoisotopic (exact) mass is 464 g/mol.